The van der Waals surface area contributed by atoms with Crippen molar-refractivity contribution in [1.82, 2.24) is 0 Å². The Kier molecular flexibility index (Phi) is 5.31. The van der Waals surface area contributed by atoms with Crippen LogP contribution in [0.5, 0.6) is 0 Å². The molecule has 0 heterocycles. The van der Waals surface area contributed by atoms with Gasteiger partial charge in [-0.15, -0.1) is 0 Å². The first kappa shape index (κ1) is 15.5. The molecule has 7 heteroatoms. The molecule has 0 spiro atoms. The first-order valence-electron chi connectivity index (χ1n) is 5.66. The number of amides is 1. The SMILES string of the molecule is CCOCC(=O)Nc1ccc(CN)c(C(F)(F)F)c1. The maximum Gasteiger partial charge on any atom is 0.416 e. The summed E-state index contributed by atoms with van der Waals surface area (Å²) in [7, 11) is 0. The van der Waals surface area contributed by atoms with E-state index in [1.54, 1.807) is 6.92 Å². The number of hydrogen-bond donors (Lipinski definition) is 2. The number of halogens is 3. The van der Waals surface area contributed by atoms with Gasteiger partial charge in [0.2, 0.25) is 5.91 Å². The summed E-state index contributed by atoms with van der Waals surface area (Å²) in [4.78, 5) is 11.3. The van der Waals surface area contributed by atoms with E-state index in [1.165, 1.54) is 12.1 Å². The highest BCUT2D eigenvalue weighted by molar-refractivity contribution is 5.91. The number of anilines is 1. The highest BCUT2D eigenvalue weighted by Gasteiger charge is 2.33. The Bertz CT molecular complexity index is 447. The summed E-state index contributed by atoms with van der Waals surface area (Å²) in [6, 6.07) is 3.49. The summed E-state index contributed by atoms with van der Waals surface area (Å²) in [5.41, 5.74) is 4.46. The summed E-state index contributed by atoms with van der Waals surface area (Å²) in [5.74, 6) is -0.504. The molecule has 1 rings (SSSR count). The zero-order valence-electron chi connectivity index (χ0n) is 10.4. The minimum atomic E-state index is -4.50. The molecule has 0 saturated heterocycles. The van der Waals surface area contributed by atoms with Gasteiger partial charge in [-0.05, 0) is 24.6 Å². The largest absolute Gasteiger partial charge is 0.416 e. The van der Waals surface area contributed by atoms with Crippen molar-refractivity contribution >= 4 is 11.6 Å². The fourth-order valence-corrected chi connectivity index (χ4v) is 1.49. The molecular weight excluding hydrogens is 261 g/mol. The minimum absolute atomic E-state index is 0.0182. The summed E-state index contributed by atoms with van der Waals surface area (Å²) in [6.45, 7) is 1.65. The van der Waals surface area contributed by atoms with E-state index in [9.17, 15) is 18.0 Å². The molecule has 0 bridgehead atoms. The summed E-state index contributed by atoms with van der Waals surface area (Å²) >= 11 is 0. The smallest absolute Gasteiger partial charge is 0.372 e. The maximum absolute atomic E-state index is 12.8. The van der Waals surface area contributed by atoms with Crippen LogP contribution in [0, 0.1) is 0 Å². The van der Waals surface area contributed by atoms with Crippen LogP contribution in [-0.4, -0.2) is 19.1 Å². The second-order valence-corrected chi connectivity index (χ2v) is 3.76. The third kappa shape index (κ3) is 4.53. The topological polar surface area (TPSA) is 64.3 Å². The van der Waals surface area contributed by atoms with E-state index in [0.717, 1.165) is 6.07 Å². The quantitative estimate of drug-likeness (QED) is 0.866. The van der Waals surface area contributed by atoms with Crippen LogP contribution < -0.4 is 11.1 Å². The van der Waals surface area contributed by atoms with Crippen molar-refractivity contribution in [3.8, 4) is 0 Å². The molecule has 0 aliphatic heterocycles. The van der Waals surface area contributed by atoms with Gasteiger partial charge in [0.15, 0.2) is 0 Å². The Morgan fingerprint density at radius 3 is 2.63 bits per heavy atom. The molecule has 0 aliphatic rings. The van der Waals surface area contributed by atoms with Crippen molar-refractivity contribution < 1.29 is 22.7 Å². The van der Waals surface area contributed by atoms with Crippen molar-refractivity contribution in [1.29, 1.82) is 0 Å². The zero-order valence-corrected chi connectivity index (χ0v) is 10.4. The summed E-state index contributed by atoms with van der Waals surface area (Å²) in [5, 5.41) is 2.34. The van der Waals surface area contributed by atoms with Gasteiger partial charge in [0.1, 0.15) is 6.61 Å². The van der Waals surface area contributed by atoms with E-state index in [-0.39, 0.29) is 24.4 Å². The standard InChI is InChI=1S/C12H15F3N2O2/c1-2-19-7-11(18)17-9-4-3-8(6-16)10(5-9)12(13,14)15/h3-5H,2,6-7,16H2,1H3,(H,17,18). The molecule has 0 radical (unpaired) electrons. The summed E-state index contributed by atoms with van der Waals surface area (Å²) in [6.07, 6.45) is -4.50. The van der Waals surface area contributed by atoms with Gasteiger partial charge in [-0.25, -0.2) is 0 Å². The molecule has 106 valence electrons. The lowest BCUT2D eigenvalue weighted by Gasteiger charge is -2.14. The van der Waals surface area contributed by atoms with Crippen LogP contribution in [0.25, 0.3) is 0 Å². The van der Waals surface area contributed by atoms with E-state index in [4.69, 9.17) is 10.5 Å². The predicted octanol–water partition coefficient (Wildman–Crippen LogP) is 2.14. The normalized spacial score (nSPS) is 11.4. The Balaban J connectivity index is 2.90. The van der Waals surface area contributed by atoms with Crippen molar-refractivity contribution in [2.45, 2.75) is 19.6 Å². The third-order valence-corrected chi connectivity index (χ3v) is 2.36. The molecule has 1 amide bonds. The average molecular weight is 276 g/mol. The Morgan fingerprint density at radius 2 is 2.11 bits per heavy atom. The molecule has 0 aliphatic carbocycles. The highest BCUT2D eigenvalue weighted by Crippen LogP contribution is 2.33. The number of alkyl halides is 3. The van der Waals surface area contributed by atoms with Gasteiger partial charge in [-0.2, -0.15) is 13.2 Å². The first-order valence-corrected chi connectivity index (χ1v) is 5.66. The van der Waals surface area contributed by atoms with Crippen LogP contribution in [0.2, 0.25) is 0 Å². The Morgan fingerprint density at radius 1 is 1.42 bits per heavy atom. The number of nitrogens with one attached hydrogen (secondary N) is 1. The monoisotopic (exact) mass is 276 g/mol. The van der Waals surface area contributed by atoms with Gasteiger partial charge < -0.3 is 15.8 Å². The summed E-state index contributed by atoms with van der Waals surface area (Å²) < 4.78 is 43.1. The van der Waals surface area contributed by atoms with E-state index < -0.39 is 17.6 Å². The maximum atomic E-state index is 12.8. The Hall–Kier alpha value is -1.60. The van der Waals surface area contributed by atoms with Crippen molar-refractivity contribution in [3.05, 3.63) is 29.3 Å². The average Bonchev–Trinajstić information content (AvgIpc) is 2.35. The number of carbonyl (C=O) groups excluding carboxylic acids is 1. The van der Waals surface area contributed by atoms with Crippen molar-refractivity contribution in [2.24, 2.45) is 5.73 Å². The Labute approximate surface area is 108 Å². The van der Waals surface area contributed by atoms with Gasteiger partial charge in [0, 0.05) is 18.8 Å². The van der Waals surface area contributed by atoms with E-state index in [2.05, 4.69) is 5.32 Å². The minimum Gasteiger partial charge on any atom is -0.372 e. The molecule has 1 aromatic rings. The third-order valence-electron chi connectivity index (χ3n) is 2.36. The van der Waals surface area contributed by atoms with Gasteiger partial charge in [-0.1, -0.05) is 6.07 Å². The molecule has 19 heavy (non-hydrogen) atoms. The predicted molar refractivity (Wildman–Crippen MR) is 64.5 cm³/mol. The first-order chi connectivity index (χ1) is 8.88. The number of ether oxygens (including phenoxy) is 1. The zero-order chi connectivity index (χ0) is 14.5. The number of nitrogens with two attached hydrogens (primary N) is 1. The van der Waals surface area contributed by atoms with Crippen LogP contribution in [0.1, 0.15) is 18.1 Å². The lowest BCUT2D eigenvalue weighted by Crippen LogP contribution is -2.19. The fraction of sp³-hybridized carbons (Fsp3) is 0.417. The molecule has 0 saturated carbocycles. The van der Waals surface area contributed by atoms with Gasteiger partial charge >= 0.3 is 6.18 Å². The number of carbonyl (C=O) groups is 1. The molecule has 0 aromatic heterocycles. The fourth-order valence-electron chi connectivity index (χ4n) is 1.49. The molecular formula is C12H15F3N2O2. The number of benzene rings is 1. The van der Waals surface area contributed by atoms with E-state index in [0.29, 0.717) is 6.61 Å². The molecule has 0 atom stereocenters. The molecule has 3 N–H and O–H groups in total. The van der Waals surface area contributed by atoms with Gasteiger partial charge in [0.25, 0.3) is 0 Å². The molecule has 0 fully saturated rings. The van der Waals surface area contributed by atoms with Crippen LogP contribution in [0.4, 0.5) is 18.9 Å². The number of hydrogen-bond acceptors (Lipinski definition) is 3. The van der Waals surface area contributed by atoms with Crippen LogP contribution >= 0.6 is 0 Å². The van der Waals surface area contributed by atoms with Gasteiger partial charge in [0.05, 0.1) is 5.56 Å². The lowest BCUT2D eigenvalue weighted by atomic mass is 10.1. The van der Waals surface area contributed by atoms with Crippen molar-refractivity contribution in [2.75, 3.05) is 18.5 Å². The van der Waals surface area contributed by atoms with E-state index >= 15 is 0 Å². The van der Waals surface area contributed by atoms with Crippen LogP contribution in [0.15, 0.2) is 18.2 Å². The van der Waals surface area contributed by atoms with Gasteiger partial charge in [-0.3, -0.25) is 4.79 Å². The molecule has 4 nitrogen and oxygen atoms in total. The van der Waals surface area contributed by atoms with Crippen molar-refractivity contribution in [3.63, 3.8) is 0 Å². The van der Waals surface area contributed by atoms with Crippen LogP contribution in [0.3, 0.4) is 0 Å². The van der Waals surface area contributed by atoms with Crippen LogP contribution in [-0.2, 0) is 22.3 Å². The molecule has 1 aromatic carbocycles. The second kappa shape index (κ2) is 6.53. The number of rotatable bonds is 5. The van der Waals surface area contributed by atoms with E-state index in [1.807, 2.05) is 0 Å². The second-order valence-electron chi connectivity index (χ2n) is 3.76. The highest BCUT2D eigenvalue weighted by atomic mass is 19.4. The lowest BCUT2D eigenvalue weighted by molar-refractivity contribution is -0.138. The molecule has 0 unspecified atom stereocenters.